The zero-order valence-electron chi connectivity index (χ0n) is 25.5. The number of alkyl halides is 2. The molecule has 0 radical (unpaired) electrons. The Hall–Kier alpha value is -0.800. The first kappa shape index (κ1) is 41.3. The van der Waals surface area contributed by atoms with Crippen molar-refractivity contribution in [3.63, 3.8) is 0 Å². The van der Waals surface area contributed by atoms with Gasteiger partial charge < -0.3 is 10.6 Å². The minimum atomic E-state index is -0.654. The zero-order valence-corrected chi connectivity index (χ0v) is 28.7. The van der Waals surface area contributed by atoms with Gasteiger partial charge in [-0.05, 0) is 7.05 Å². The van der Waals surface area contributed by atoms with Gasteiger partial charge in [0.05, 0.1) is 5.33 Å². The fourth-order valence-electron chi connectivity index (χ4n) is 4.41. The normalized spacial score (nSPS) is 18.5. The van der Waals surface area contributed by atoms with Crippen LogP contribution >= 0.6 is 31.9 Å². The number of hydrogen-bond acceptors (Lipinski definition) is 6. The molecule has 3 rings (SSSR count). The third-order valence-corrected chi connectivity index (χ3v) is 7.93. The number of halogens is 2. The van der Waals surface area contributed by atoms with Crippen LogP contribution in [0.5, 0.6) is 0 Å². The molecule has 0 aromatic heterocycles. The van der Waals surface area contributed by atoms with Crippen LogP contribution in [-0.4, -0.2) is 46.3 Å². The Morgan fingerprint density at radius 1 is 0.600 bits per heavy atom. The number of rotatable bonds is 4. The Kier molecular flexibility index (Phi) is 33.8. The van der Waals surface area contributed by atoms with E-state index in [9.17, 15) is 19.2 Å². The molecule has 0 aromatic carbocycles. The lowest BCUT2D eigenvalue weighted by Crippen LogP contribution is -2.32. The molecular formula is C31H58Br2N2O5. The molecular weight excluding hydrogens is 640 g/mol. The molecule has 0 unspecified atom stereocenters. The third kappa shape index (κ3) is 27.4. The Balaban J connectivity index is 0. The average molecular weight is 699 g/mol. The summed E-state index contributed by atoms with van der Waals surface area (Å²) in [5, 5.41) is 0.983. The number of amides is 2. The summed E-state index contributed by atoms with van der Waals surface area (Å²) in [6, 6.07) is 0. The van der Waals surface area contributed by atoms with Crippen molar-refractivity contribution in [1.82, 2.24) is 5.06 Å². The minimum Gasteiger partial charge on any atom is -0.333 e. The predicted octanol–water partition coefficient (Wildman–Crippen LogP) is 8.73. The van der Waals surface area contributed by atoms with Crippen LogP contribution in [0.3, 0.4) is 0 Å². The molecule has 236 valence electrons. The van der Waals surface area contributed by atoms with Gasteiger partial charge in [-0.15, -0.1) is 5.06 Å². The molecule has 0 aromatic rings. The van der Waals surface area contributed by atoms with E-state index < -0.39 is 17.8 Å². The summed E-state index contributed by atoms with van der Waals surface area (Å²) in [5.74, 6) is -1.32. The largest absolute Gasteiger partial charge is 0.343 e. The fraction of sp³-hybridized carbons (Fsp3) is 0.871. The van der Waals surface area contributed by atoms with Gasteiger partial charge in [0.25, 0.3) is 11.8 Å². The van der Waals surface area contributed by atoms with Crippen LogP contribution in [0.1, 0.15) is 155 Å². The van der Waals surface area contributed by atoms with Crippen molar-refractivity contribution in [1.29, 1.82) is 0 Å². The molecule has 1 saturated heterocycles. The van der Waals surface area contributed by atoms with Crippen molar-refractivity contribution in [2.75, 3.05) is 17.7 Å². The molecule has 2 aliphatic carbocycles. The van der Waals surface area contributed by atoms with Crippen molar-refractivity contribution in [3.8, 4) is 0 Å². The molecule has 1 heterocycles. The number of nitrogens with two attached hydrogens (primary N) is 1. The quantitative estimate of drug-likeness (QED) is 0.233. The molecule has 7 nitrogen and oxygen atoms in total. The number of ketones is 1. The van der Waals surface area contributed by atoms with E-state index in [0.29, 0.717) is 16.8 Å². The van der Waals surface area contributed by atoms with E-state index in [4.69, 9.17) is 0 Å². The van der Waals surface area contributed by atoms with Crippen LogP contribution in [0.4, 0.5) is 0 Å². The number of imide groups is 1. The maximum absolute atomic E-state index is 10.8. The van der Waals surface area contributed by atoms with Gasteiger partial charge >= 0.3 is 5.97 Å². The standard InChI is InChI=1S/2C10H20.C6H6BrNO4.C4H7BrO.CH5N/c2*1-2-4-6-8-10-9-7-5-3-1;7-3-6(11)12-8-4(9)1-2-5(8)10;1-2-4(6)3-5;1-2/h2*1-10H2;1-3H2;2-3H2,1H3;2H2,1H3. The monoisotopic (exact) mass is 696 g/mol. The molecule has 40 heavy (non-hydrogen) atoms. The van der Waals surface area contributed by atoms with Crippen LogP contribution in [0, 0.1) is 0 Å². The molecule has 2 N–H and O–H groups in total. The van der Waals surface area contributed by atoms with Gasteiger partial charge in [0, 0.05) is 19.3 Å². The molecule has 1 aliphatic heterocycles. The molecule has 0 spiro atoms. The van der Waals surface area contributed by atoms with E-state index in [2.05, 4.69) is 42.4 Å². The summed E-state index contributed by atoms with van der Waals surface area (Å²) >= 11 is 5.86. The Morgan fingerprint density at radius 3 is 1.00 bits per heavy atom. The van der Waals surface area contributed by atoms with Gasteiger partial charge in [-0.1, -0.05) is 167 Å². The Labute approximate surface area is 261 Å². The highest BCUT2D eigenvalue weighted by Crippen LogP contribution is 2.17. The predicted molar refractivity (Wildman–Crippen MR) is 173 cm³/mol. The lowest BCUT2D eigenvalue weighted by molar-refractivity contribution is -0.195. The third-order valence-electron chi connectivity index (χ3n) is 6.85. The lowest BCUT2D eigenvalue weighted by Gasteiger charge is -2.10. The summed E-state index contributed by atoms with van der Waals surface area (Å²) in [6.45, 7) is 1.85. The van der Waals surface area contributed by atoms with E-state index in [0.717, 1.165) is 0 Å². The fourth-order valence-corrected chi connectivity index (χ4v) is 4.91. The topological polar surface area (TPSA) is 107 Å². The number of Topliss-reactive ketones (excluding diaryl/α,β-unsaturated/α-hetero) is 1. The van der Waals surface area contributed by atoms with E-state index in [1.807, 2.05) is 6.92 Å². The molecule has 2 amide bonds. The average Bonchev–Trinajstić information content (AvgIpc) is 3.32. The van der Waals surface area contributed by atoms with Gasteiger partial charge in [-0.2, -0.15) is 0 Å². The zero-order chi connectivity index (χ0) is 30.3. The number of carbonyl (C=O) groups is 4. The van der Waals surface area contributed by atoms with Crippen molar-refractivity contribution < 1.29 is 24.0 Å². The molecule has 3 fully saturated rings. The molecule has 9 heteroatoms. The molecule has 0 bridgehead atoms. The van der Waals surface area contributed by atoms with E-state index in [1.54, 1.807) is 0 Å². The lowest BCUT2D eigenvalue weighted by atomic mass is 10.0. The van der Waals surface area contributed by atoms with Gasteiger partial charge in [-0.3, -0.25) is 14.4 Å². The summed E-state index contributed by atoms with van der Waals surface area (Å²) in [6.07, 6.45) is 30.9. The van der Waals surface area contributed by atoms with E-state index in [1.165, 1.54) is 135 Å². The Bertz CT molecular complexity index is 526. The van der Waals surface area contributed by atoms with Crippen molar-refractivity contribution >= 4 is 55.4 Å². The second-order valence-electron chi connectivity index (χ2n) is 10.3. The summed E-state index contributed by atoms with van der Waals surface area (Å²) < 4.78 is 0. The van der Waals surface area contributed by atoms with Gasteiger partial charge in [-0.25, -0.2) is 4.79 Å². The number of carbonyl (C=O) groups excluding carboxylic acids is 4. The molecule has 0 atom stereocenters. The highest BCUT2D eigenvalue weighted by atomic mass is 79.9. The second-order valence-corrected chi connectivity index (χ2v) is 11.4. The Morgan fingerprint density at radius 2 is 0.850 bits per heavy atom. The van der Waals surface area contributed by atoms with E-state index in [-0.39, 0.29) is 24.0 Å². The maximum Gasteiger partial charge on any atom is 0.343 e. The second kappa shape index (κ2) is 32.7. The summed E-state index contributed by atoms with van der Waals surface area (Å²) in [4.78, 5) is 46.9. The van der Waals surface area contributed by atoms with Crippen LogP contribution in [0.2, 0.25) is 0 Å². The van der Waals surface area contributed by atoms with Gasteiger partial charge in [0.2, 0.25) is 0 Å². The number of hydrogen-bond donors (Lipinski definition) is 1. The first-order valence-corrected chi connectivity index (χ1v) is 18.0. The maximum atomic E-state index is 10.8. The van der Waals surface area contributed by atoms with Gasteiger partial charge in [0.1, 0.15) is 11.1 Å². The van der Waals surface area contributed by atoms with Crippen molar-refractivity contribution in [3.05, 3.63) is 0 Å². The molecule has 3 aliphatic rings. The number of nitrogens with zero attached hydrogens (tertiary/aromatic N) is 1. The smallest absolute Gasteiger partial charge is 0.333 e. The SMILES string of the molecule is C1CCCCCCCCC1.C1CCCCCCCCC1.CCC(=O)CBr.CN.O=C(CBr)ON1C(=O)CCC1=O. The van der Waals surface area contributed by atoms with Crippen LogP contribution < -0.4 is 5.73 Å². The first-order valence-electron chi connectivity index (χ1n) is 15.7. The van der Waals surface area contributed by atoms with Crippen LogP contribution in [0.15, 0.2) is 0 Å². The van der Waals surface area contributed by atoms with Crippen LogP contribution in [-0.2, 0) is 24.0 Å². The van der Waals surface area contributed by atoms with Crippen LogP contribution in [0.25, 0.3) is 0 Å². The van der Waals surface area contributed by atoms with Gasteiger partial charge in [0.15, 0.2) is 0 Å². The number of hydroxylamine groups is 2. The summed E-state index contributed by atoms with van der Waals surface area (Å²) in [7, 11) is 1.50. The van der Waals surface area contributed by atoms with Crippen molar-refractivity contribution in [2.24, 2.45) is 5.73 Å². The molecule has 2 saturated carbocycles. The summed E-state index contributed by atoms with van der Waals surface area (Å²) in [5.41, 5.74) is 4.50. The highest BCUT2D eigenvalue weighted by molar-refractivity contribution is 9.09. The van der Waals surface area contributed by atoms with Crippen molar-refractivity contribution in [2.45, 2.75) is 155 Å². The first-order chi connectivity index (χ1) is 19.5. The minimum absolute atomic E-state index is 0.0376. The highest BCUT2D eigenvalue weighted by Gasteiger charge is 2.32. The van der Waals surface area contributed by atoms with E-state index >= 15 is 0 Å².